The molecule has 0 fully saturated rings. The fourth-order valence-electron chi connectivity index (χ4n) is 3.30. The molecule has 0 amide bonds. The Morgan fingerprint density at radius 3 is 1.72 bits per heavy atom. The molecule has 0 heterocycles. The molecule has 0 saturated carbocycles. The zero-order chi connectivity index (χ0) is 20.5. The highest BCUT2D eigenvalue weighted by Crippen LogP contribution is 2.35. The summed E-state index contributed by atoms with van der Waals surface area (Å²) in [7, 11) is 0. The Hall–Kier alpha value is -2.55. The molecule has 0 aromatic heterocycles. The van der Waals surface area contributed by atoms with Gasteiger partial charge in [-0.25, -0.2) is 0 Å². The Labute approximate surface area is 179 Å². The second-order valence-electron chi connectivity index (χ2n) is 6.82. The first kappa shape index (κ1) is 21.2. The topological polar surface area (TPSA) is 12.5 Å². The molecule has 0 saturated heterocycles. The number of ether oxygens (including phenoxy) is 1. The summed E-state index contributed by atoms with van der Waals surface area (Å²) in [5.41, 5.74) is 4.21. The average Bonchev–Trinajstić information content (AvgIpc) is 2.79. The number of nitrogens with zero attached hydrogens (tertiary/aromatic N) is 1. The van der Waals surface area contributed by atoms with Crippen molar-refractivity contribution in [3.05, 3.63) is 102 Å². The number of benzene rings is 3. The van der Waals surface area contributed by atoms with Crippen molar-refractivity contribution >= 4 is 22.2 Å². The van der Waals surface area contributed by atoms with Gasteiger partial charge in [0.05, 0.1) is 5.03 Å². The maximum absolute atomic E-state index is 6.91. The third-order valence-electron chi connectivity index (χ3n) is 5.02. The summed E-state index contributed by atoms with van der Waals surface area (Å²) in [6, 6.07) is 28.6. The summed E-state index contributed by atoms with van der Waals surface area (Å²) in [5, 5.41) is 0.733. The highest BCUT2D eigenvalue weighted by Gasteiger charge is 2.12. The van der Waals surface area contributed by atoms with E-state index in [2.05, 4.69) is 43.0 Å². The van der Waals surface area contributed by atoms with Gasteiger partial charge in [0.15, 0.2) is 0 Å². The average molecular weight is 406 g/mol. The van der Waals surface area contributed by atoms with Gasteiger partial charge in [0.25, 0.3) is 0 Å². The molecule has 0 aliphatic rings. The fourth-order valence-corrected chi connectivity index (χ4v) is 3.65. The van der Waals surface area contributed by atoms with E-state index in [0.717, 1.165) is 52.7 Å². The molecule has 0 spiro atoms. The lowest BCUT2D eigenvalue weighted by molar-refractivity contribution is 0.223. The molecule has 0 bridgehead atoms. The van der Waals surface area contributed by atoms with E-state index >= 15 is 0 Å². The standard InChI is InChI=1S/C26H28ClNO/c1-3-28(4-2)19-20-29-24-17-15-23(16-18-24)26(27)25(21-11-7-5-8-12-21)22-13-9-6-10-14-22/h5-18H,3-4,19-20H2,1-2H3. The minimum Gasteiger partial charge on any atom is -0.492 e. The first-order valence-electron chi connectivity index (χ1n) is 10.2. The Kier molecular flexibility index (Phi) is 7.92. The molecule has 29 heavy (non-hydrogen) atoms. The molecule has 3 aromatic rings. The zero-order valence-corrected chi connectivity index (χ0v) is 17.9. The number of rotatable bonds is 9. The third-order valence-corrected chi connectivity index (χ3v) is 5.43. The van der Waals surface area contributed by atoms with Crippen LogP contribution in [0.5, 0.6) is 5.75 Å². The van der Waals surface area contributed by atoms with Crippen LogP contribution in [-0.2, 0) is 0 Å². The second kappa shape index (κ2) is 10.8. The quantitative estimate of drug-likeness (QED) is 0.373. The largest absolute Gasteiger partial charge is 0.492 e. The maximum atomic E-state index is 6.91. The number of likely N-dealkylation sites (N-methyl/N-ethyl adjacent to an activating group) is 1. The predicted molar refractivity (Wildman–Crippen MR) is 124 cm³/mol. The van der Waals surface area contributed by atoms with Crippen LogP contribution >= 0.6 is 11.6 Å². The first-order chi connectivity index (χ1) is 14.2. The van der Waals surface area contributed by atoms with E-state index in [-0.39, 0.29) is 0 Å². The van der Waals surface area contributed by atoms with E-state index in [1.807, 2.05) is 60.7 Å². The highest BCUT2D eigenvalue weighted by atomic mass is 35.5. The minimum absolute atomic E-state index is 0.684. The van der Waals surface area contributed by atoms with Crippen molar-refractivity contribution in [1.82, 2.24) is 4.90 Å². The summed E-state index contributed by atoms with van der Waals surface area (Å²) >= 11 is 6.91. The van der Waals surface area contributed by atoms with Crippen molar-refractivity contribution in [2.75, 3.05) is 26.2 Å². The molecule has 150 valence electrons. The van der Waals surface area contributed by atoms with Crippen LogP contribution in [-0.4, -0.2) is 31.1 Å². The summed E-state index contributed by atoms with van der Waals surface area (Å²) in [6.07, 6.45) is 0. The van der Waals surface area contributed by atoms with E-state index < -0.39 is 0 Å². The fraction of sp³-hybridized carbons (Fsp3) is 0.231. The molecular formula is C26H28ClNO. The Balaban J connectivity index is 1.84. The minimum atomic E-state index is 0.684. The van der Waals surface area contributed by atoms with Gasteiger partial charge in [-0.1, -0.05) is 86.1 Å². The van der Waals surface area contributed by atoms with Crippen LogP contribution in [0.4, 0.5) is 0 Å². The van der Waals surface area contributed by atoms with Gasteiger partial charge >= 0.3 is 0 Å². The van der Waals surface area contributed by atoms with Gasteiger partial charge in [-0.05, 0) is 54.0 Å². The summed E-state index contributed by atoms with van der Waals surface area (Å²) in [6.45, 7) is 8.04. The van der Waals surface area contributed by atoms with Crippen LogP contribution in [0, 0.1) is 0 Å². The van der Waals surface area contributed by atoms with E-state index in [9.17, 15) is 0 Å². The van der Waals surface area contributed by atoms with Gasteiger partial charge in [0.1, 0.15) is 12.4 Å². The number of halogens is 1. The van der Waals surface area contributed by atoms with Gasteiger partial charge < -0.3 is 9.64 Å². The molecular weight excluding hydrogens is 378 g/mol. The Bertz CT molecular complexity index is 859. The third kappa shape index (κ3) is 5.72. The number of hydrogen-bond donors (Lipinski definition) is 0. The van der Waals surface area contributed by atoms with Crippen molar-refractivity contribution in [3.8, 4) is 5.75 Å². The summed E-state index contributed by atoms with van der Waals surface area (Å²) in [5.74, 6) is 0.867. The summed E-state index contributed by atoms with van der Waals surface area (Å²) < 4.78 is 5.90. The molecule has 3 aromatic carbocycles. The van der Waals surface area contributed by atoms with Crippen LogP contribution in [0.3, 0.4) is 0 Å². The lowest BCUT2D eigenvalue weighted by Crippen LogP contribution is -2.27. The lowest BCUT2D eigenvalue weighted by atomic mass is 9.95. The smallest absolute Gasteiger partial charge is 0.119 e. The monoisotopic (exact) mass is 405 g/mol. The van der Waals surface area contributed by atoms with Gasteiger partial charge in [-0.15, -0.1) is 0 Å². The van der Waals surface area contributed by atoms with Crippen LogP contribution < -0.4 is 4.74 Å². The number of hydrogen-bond acceptors (Lipinski definition) is 2. The second-order valence-corrected chi connectivity index (χ2v) is 7.20. The van der Waals surface area contributed by atoms with Gasteiger partial charge in [-0.2, -0.15) is 0 Å². The van der Waals surface area contributed by atoms with E-state index in [1.54, 1.807) is 0 Å². The highest BCUT2D eigenvalue weighted by molar-refractivity contribution is 6.53. The molecule has 0 atom stereocenters. The predicted octanol–water partition coefficient (Wildman–Crippen LogP) is 6.56. The van der Waals surface area contributed by atoms with Crippen LogP contribution in [0.1, 0.15) is 30.5 Å². The van der Waals surface area contributed by atoms with Gasteiger partial charge in [-0.3, -0.25) is 0 Å². The normalized spacial score (nSPS) is 10.8. The van der Waals surface area contributed by atoms with Gasteiger partial charge in [0, 0.05) is 12.1 Å². The Morgan fingerprint density at radius 2 is 1.24 bits per heavy atom. The first-order valence-corrected chi connectivity index (χ1v) is 10.6. The molecule has 0 aliphatic carbocycles. The van der Waals surface area contributed by atoms with Crippen LogP contribution in [0.2, 0.25) is 0 Å². The van der Waals surface area contributed by atoms with Crippen LogP contribution in [0.25, 0.3) is 10.6 Å². The molecule has 0 unspecified atom stereocenters. The Morgan fingerprint density at radius 1 is 0.724 bits per heavy atom. The maximum Gasteiger partial charge on any atom is 0.119 e. The van der Waals surface area contributed by atoms with Crippen molar-refractivity contribution < 1.29 is 4.74 Å². The molecule has 2 nitrogen and oxygen atoms in total. The zero-order valence-electron chi connectivity index (χ0n) is 17.1. The molecule has 3 heteroatoms. The van der Waals surface area contributed by atoms with Crippen LogP contribution in [0.15, 0.2) is 84.9 Å². The van der Waals surface area contributed by atoms with E-state index in [0.29, 0.717) is 6.61 Å². The van der Waals surface area contributed by atoms with E-state index in [4.69, 9.17) is 16.3 Å². The SMILES string of the molecule is CCN(CC)CCOc1ccc(C(Cl)=C(c2ccccc2)c2ccccc2)cc1. The molecule has 0 N–H and O–H groups in total. The molecule has 0 radical (unpaired) electrons. The van der Waals surface area contributed by atoms with Crippen molar-refractivity contribution in [3.63, 3.8) is 0 Å². The van der Waals surface area contributed by atoms with Crippen molar-refractivity contribution in [2.45, 2.75) is 13.8 Å². The summed E-state index contributed by atoms with van der Waals surface area (Å²) in [4.78, 5) is 2.35. The van der Waals surface area contributed by atoms with Crippen molar-refractivity contribution in [1.29, 1.82) is 0 Å². The molecule has 3 rings (SSSR count). The lowest BCUT2D eigenvalue weighted by Gasteiger charge is -2.18. The van der Waals surface area contributed by atoms with E-state index in [1.165, 1.54) is 0 Å². The van der Waals surface area contributed by atoms with Crippen molar-refractivity contribution in [2.24, 2.45) is 0 Å². The molecule has 0 aliphatic heterocycles. The van der Waals surface area contributed by atoms with Gasteiger partial charge in [0.2, 0.25) is 0 Å².